The van der Waals surface area contributed by atoms with E-state index in [9.17, 15) is 13.2 Å². The lowest BCUT2D eigenvalue weighted by atomic mass is 10.1. The monoisotopic (exact) mass is 296 g/mol. The van der Waals surface area contributed by atoms with Crippen LogP contribution in [0.2, 0.25) is 0 Å². The number of carbonyl (C=O) groups excluding carboxylic acids is 1. The summed E-state index contributed by atoms with van der Waals surface area (Å²) in [7, 11) is -0.666. The number of amides is 1. The molecule has 0 aliphatic carbocycles. The van der Waals surface area contributed by atoms with E-state index in [4.69, 9.17) is 0 Å². The van der Waals surface area contributed by atoms with Gasteiger partial charge in [-0.1, -0.05) is 12.1 Å². The number of carbonyl (C=O) groups is 1. The van der Waals surface area contributed by atoms with Crippen LogP contribution in [0.25, 0.3) is 0 Å². The molecule has 20 heavy (non-hydrogen) atoms. The second-order valence-electron chi connectivity index (χ2n) is 5.14. The van der Waals surface area contributed by atoms with Crippen molar-refractivity contribution in [2.45, 2.75) is 24.2 Å². The zero-order valence-electron chi connectivity index (χ0n) is 11.9. The van der Waals surface area contributed by atoms with Crippen LogP contribution >= 0.6 is 0 Å². The molecule has 1 aliphatic rings. The van der Waals surface area contributed by atoms with E-state index >= 15 is 0 Å². The normalized spacial score (nSPS) is 16.4. The molecular formula is C14H20N2O3S. The Morgan fingerprint density at radius 2 is 1.70 bits per heavy atom. The molecule has 2 rings (SSSR count). The number of rotatable bonds is 3. The summed E-state index contributed by atoms with van der Waals surface area (Å²) in [6.45, 7) is 1.41. The molecule has 1 aliphatic heterocycles. The van der Waals surface area contributed by atoms with Crippen molar-refractivity contribution < 1.29 is 13.2 Å². The maximum atomic E-state index is 12.5. The molecule has 1 fully saturated rings. The van der Waals surface area contributed by atoms with Crippen LogP contribution in [0.4, 0.5) is 0 Å². The summed E-state index contributed by atoms with van der Waals surface area (Å²) < 4.78 is 25.7. The molecule has 5 nitrogen and oxygen atoms in total. The maximum absolute atomic E-state index is 12.5. The molecule has 1 aromatic carbocycles. The van der Waals surface area contributed by atoms with Crippen molar-refractivity contribution >= 4 is 15.9 Å². The van der Waals surface area contributed by atoms with E-state index in [0.717, 1.165) is 23.6 Å². The summed E-state index contributed by atoms with van der Waals surface area (Å²) in [4.78, 5) is 14.4. The lowest BCUT2D eigenvalue weighted by Crippen LogP contribution is -2.37. The predicted molar refractivity (Wildman–Crippen MR) is 77.1 cm³/mol. The summed E-state index contributed by atoms with van der Waals surface area (Å²) in [6, 6.07) is 6.43. The largest absolute Gasteiger partial charge is 0.339 e. The standard InChI is InChI=1S/C14H20N2O3S/c1-15(2)20(18,19)13-9-5-4-8-12(13)14(17)16-10-6-3-7-11-16/h4-5,8-9H,3,6-7,10-11H2,1-2H3. The van der Waals surface area contributed by atoms with Gasteiger partial charge in [0.25, 0.3) is 5.91 Å². The highest BCUT2D eigenvalue weighted by molar-refractivity contribution is 7.89. The maximum Gasteiger partial charge on any atom is 0.255 e. The fourth-order valence-corrected chi connectivity index (χ4v) is 3.41. The zero-order chi connectivity index (χ0) is 14.8. The molecule has 0 atom stereocenters. The molecule has 0 N–H and O–H groups in total. The van der Waals surface area contributed by atoms with Crippen molar-refractivity contribution in [3.8, 4) is 0 Å². The molecule has 1 aromatic rings. The first-order valence-electron chi connectivity index (χ1n) is 6.75. The molecule has 0 saturated carbocycles. The molecule has 0 unspecified atom stereocenters. The number of likely N-dealkylation sites (tertiary alicyclic amines) is 1. The summed E-state index contributed by atoms with van der Waals surface area (Å²) in [5.74, 6) is -0.189. The van der Waals surface area contributed by atoms with Crippen molar-refractivity contribution in [2.75, 3.05) is 27.2 Å². The van der Waals surface area contributed by atoms with Gasteiger partial charge in [0.05, 0.1) is 10.5 Å². The van der Waals surface area contributed by atoms with Crippen LogP contribution in [0.5, 0.6) is 0 Å². The van der Waals surface area contributed by atoms with Crippen LogP contribution in [0.3, 0.4) is 0 Å². The van der Waals surface area contributed by atoms with Gasteiger partial charge < -0.3 is 4.90 Å². The van der Waals surface area contributed by atoms with Gasteiger partial charge in [-0.25, -0.2) is 12.7 Å². The van der Waals surface area contributed by atoms with Crippen molar-refractivity contribution in [3.63, 3.8) is 0 Å². The lowest BCUT2D eigenvalue weighted by Gasteiger charge is -2.27. The minimum Gasteiger partial charge on any atom is -0.339 e. The lowest BCUT2D eigenvalue weighted by molar-refractivity contribution is 0.0720. The van der Waals surface area contributed by atoms with Gasteiger partial charge in [0.2, 0.25) is 10.0 Å². The molecule has 1 amide bonds. The van der Waals surface area contributed by atoms with Crippen LogP contribution in [0, 0.1) is 0 Å². The predicted octanol–water partition coefficient (Wildman–Crippen LogP) is 1.56. The minimum absolute atomic E-state index is 0.0839. The third kappa shape index (κ3) is 2.86. The highest BCUT2D eigenvalue weighted by Crippen LogP contribution is 2.21. The zero-order valence-corrected chi connectivity index (χ0v) is 12.7. The van der Waals surface area contributed by atoms with Gasteiger partial charge in [-0.05, 0) is 31.4 Å². The van der Waals surface area contributed by atoms with Gasteiger partial charge in [-0.2, -0.15) is 0 Å². The van der Waals surface area contributed by atoms with Crippen LogP contribution in [-0.2, 0) is 10.0 Å². The SMILES string of the molecule is CN(C)S(=O)(=O)c1ccccc1C(=O)N1CCCCC1. The number of hydrogen-bond acceptors (Lipinski definition) is 3. The van der Waals surface area contributed by atoms with Gasteiger partial charge in [-0.15, -0.1) is 0 Å². The highest BCUT2D eigenvalue weighted by Gasteiger charge is 2.27. The Labute approximate surface area is 120 Å². The number of hydrogen-bond donors (Lipinski definition) is 0. The van der Waals surface area contributed by atoms with Crippen molar-refractivity contribution in [1.29, 1.82) is 0 Å². The molecule has 0 spiro atoms. The first-order chi connectivity index (χ1) is 9.44. The fourth-order valence-electron chi connectivity index (χ4n) is 2.33. The van der Waals surface area contributed by atoms with E-state index in [0.29, 0.717) is 13.1 Å². The summed E-state index contributed by atoms with van der Waals surface area (Å²) >= 11 is 0. The smallest absolute Gasteiger partial charge is 0.255 e. The van der Waals surface area contributed by atoms with Gasteiger partial charge >= 0.3 is 0 Å². The molecule has 6 heteroatoms. The van der Waals surface area contributed by atoms with E-state index < -0.39 is 10.0 Å². The van der Waals surface area contributed by atoms with Crippen molar-refractivity contribution in [1.82, 2.24) is 9.21 Å². The summed E-state index contributed by atoms with van der Waals surface area (Å²) in [5, 5.41) is 0. The molecule has 1 saturated heterocycles. The Bertz CT molecular complexity index is 590. The molecule has 110 valence electrons. The third-order valence-electron chi connectivity index (χ3n) is 3.52. The minimum atomic E-state index is -3.61. The Morgan fingerprint density at radius 3 is 2.30 bits per heavy atom. The van der Waals surface area contributed by atoms with E-state index in [1.54, 1.807) is 23.1 Å². The first-order valence-corrected chi connectivity index (χ1v) is 8.19. The molecule has 1 heterocycles. The molecule has 0 radical (unpaired) electrons. The second kappa shape index (κ2) is 5.93. The van der Waals surface area contributed by atoms with Gasteiger partial charge in [-0.3, -0.25) is 4.79 Å². The Balaban J connectivity index is 2.40. The number of benzene rings is 1. The quantitative estimate of drug-likeness (QED) is 0.850. The first kappa shape index (κ1) is 15.0. The summed E-state index contributed by atoms with van der Waals surface area (Å²) in [6.07, 6.45) is 3.09. The highest BCUT2D eigenvalue weighted by atomic mass is 32.2. The number of nitrogens with zero attached hydrogens (tertiary/aromatic N) is 2. The molecule has 0 aromatic heterocycles. The Morgan fingerprint density at radius 1 is 1.10 bits per heavy atom. The van der Waals surface area contributed by atoms with Crippen LogP contribution in [0.1, 0.15) is 29.6 Å². The average Bonchev–Trinajstić information content (AvgIpc) is 2.47. The molecular weight excluding hydrogens is 276 g/mol. The van der Waals surface area contributed by atoms with Gasteiger partial charge in [0, 0.05) is 27.2 Å². The number of piperidine rings is 1. The van der Waals surface area contributed by atoms with Crippen LogP contribution in [-0.4, -0.2) is 50.7 Å². The van der Waals surface area contributed by atoms with E-state index in [1.165, 1.54) is 20.2 Å². The van der Waals surface area contributed by atoms with E-state index in [2.05, 4.69) is 0 Å². The van der Waals surface area contributed by atoms with Gasteiger partial charge in [0.1, 0.15) is 0 Å². The molecule has 0 bridgehead atoms. The van der Waals surface area contributed by atoms with E-state index in [1.807, 2.05) is 0 Å². The Hall–Kier alpha value is -1.40. The number of sulfonamides is 1. The average molecular weight is 296 g/mol. The van der Waals surface area contributed by atoms with Crippen LogP contribution < -0.4 is 0 Å². The van der Waals surface area contributed by atoms with E-state index in [-0.39, 0.29) is 16.4 Å². The Kier molecular flexibility index (Phi) is 4.45. The third-order valence-corrected chi connectivity index (χ3v) is 5.39. The topological polar surface area (TPSA) is 57.7 Å². The second-order valence-corrected chi connectivity index (χ2v) is 7.26. The summed E-state index contributed by atoms with van der Waals surface area (Å²) in [5.41, 5.74) is 0.267. The van der Waals surface area contributed by atoms with Crippen molar-refractivity contribution in [3.05, 3.63) is 29.8 Å². The van der Waals surface area contributed by atoms with Crippen molar-refractivity contribution in [2.24, 2.45) is 0 Å². The van der Waals surface area contributed by atoms with Gasteiger partial charge in [0.15, 0.2) is 0 Å². The fraction of sp³-hybridized carbons (Fsp3) is 0.500. The van der Waals surface area contributed by atoms with Crippen LogP contribution in [0.15, 0.2) is 29.2 Å².